The highest BCUT2D eigenvalue weighted by Crippen LogP contribution is 2.26. The Bertz CT molecular complexity index is 416. The first-order chi connectivity index (χ1) is 5.88. The average Bonchev–Trinajstić information content (AvgIpc) is 1.94. The fourth-order valence-corrected chi connectivity index (χ4v) is 1.52. The number of rotatable bonds is 2. The molecule has 0 saturated carbocycles. The number of hydrogen-bond acceptors (Lipinski definition) is 3. The fraction of sp³-hybridized carbons (Fsp3) is 0.143. The van der Waals surface area contributed by atoms with E-state index in [2.05, 4.69) is 4.72 Å². The molecule has 72 valence electrons. The van der Waals surface area contributed by atoms with Gasteiger partial charge in [-0.3, -0.25) is 4.72 Å². The molecule has 0 saturated heterocycles. The van der Waals surface area contributed by atoms with Gasteiger partial charge in [-0.25, -0.2) is 8.42 Å². The summed E-state index contributed by atoms with van der Waals surface area (Å²) in [6, 6.07) is 4.07. The Hall–Kier alpha value is -0.940. The van der Waals surface area contributed by atoms with Crippen molar-refractivity contribution < 1.29 is 13.5 Å². The number of phenols is 1. The van der Waals surface area contributed by atoms with Crippen molar-refractivity contribution in [2.45, 2.75) is 0 Å². The van der Waals surface area contributed by atoms with Crippen LogP contribution in [0, 0.1) is 0 Å². The molecule has 0 atom stereocenters. The second kappa shape index (κ2) is 3.43. The van der Waals surface area contributed by atoms with Gasteiger partial charge in [0, 0.05) is 0 Å². The Kier molecular flexibility index (Phi) is 2.68. The van der Waals surface area contributed by atoms with Crippen molar-refractivity contribution in [2.75, 3.05) is 11.0 Å². The third-order valence-corrected chi connectivity index (χ3v) is 2.16. The van der Waals surface area contributed by atoms with Gasteiger partial charge in [0.25, 0.3) is 0 Å². The summed E-state index contributed by atoms with van der Waals surface area (Å²) in [6.07, 6.45) is 1.04. The standard InChI is InChI=1S/C7H8ClNO3S/c1-13(11,12)9-5-2-3-7(10)6(8)4-5/h2-4,9-10H,1H3. The van der Waals surface area contributed by atoms with Crippen LogP contribution in [0.25, 0.3) is 0 Å². The van der Waals surface area contributed by atoms with Crippen LogP contribution in [0.4, 0.5) is 5.69 Å². The van der Waals surface area contributed by atoms with Crippen molar-refractivity contribution in [2.24, 2.45) is 0 Å². The molecule has 4 nitrogen and oxygen atoms in total. The second-order valence-corrected chi connectivity index (χ2v) is 4.70. The summed E-state index contributed by atoms with van der Waals surface area (Å²) in [7, 11) is -3.30. The molecule has 0 radical (unpaired) electrons. The van der Waals surface area contributed by atoms with Crippen molar-refractivity contribution in [3.05, 3.63) is 23.2 Å². The summed E-state index contributed by atoms with van der Waals surface area (Å²) < 4.78 is 23.8. The van der Waals surface area contributed by atoms with Crippen LogP contribution in [0.3, 0.4) is 0 Å². The molecule has 13 heavy (non-hydrogen) atoms. The number of phenolic OH excluding ortho intramolecular Hbond substituents is 1. The SMILES string of the molecule is CS(=O)(=O)Nc1ccc(O)c(Cl)c1. The van der Waals surface area contributed by atoms with Gasteiger partial charge in [0.2, 0.25) is 10.0 Å². The minimum atomic E-state index is -3.30. The maximum Gasteiger partial charge on any atom is 0.229 e. The Labute approximate surface area is 81.2 Å². The van der Waals surface area contributed by atoms with Gasteiger partial charge >= 0.3 is 0 Å². The number of halogens is 1. The van der Waals surface area contributed by atoms with Crippen molar-refractivity contribution in [1.29, 1.82) is 0 Å². The van der Waals surface area contributed by atoms with Crippen LogP contribution >= 0.6 is 11.6 Å². The van der Waals surface area contributed by atoms with E-state index in [-0.39, 0.29) is 10.8 Å². The van der Waals surface area contributed by atoms with E-state index in [1.54, 1.807) is 0 Å². The number of benzene rings is 1. The van der Waals surface area contributed by atoms with Crippen LogP contribution in [-0.4, -0.2) is 19.8 Å². The minimum Gasteiger partial charge on any atom is -0.506 e. The second-order valence-electron chi connectivity index (χ2n) is 2.54. The molecular formula is C7H8ClNO3S. The predicted octanol–water partition coefficient (Wildman–Crippen LogP) is 1.42. The maximum absolute atomic E-state index is 10.8. The topological polar surface area (TPSA) is 66.4 Å². The van der Waals surface area contributed by atoms with Crippen LogP contribution < -0.4 is 4.72 Å². The Balaban J connectivity index is 2.99. The first kappa shape index (κ1) is 10.1. The summed E-state index contributed by atoms with van der Waals surface area (Å²) in [6.45, 7) is 0. The summed E-state index contributed by atoms with van der Waals surface area (Å²) in [5.74, 6) is -0.0827. The van der Waals surface area contributed by atoms with Gasteiger partial charge in [-0.1, -0.05) is 11.6 Å². The molecule has 1 aromatic carbocycles. The van der Waals surface area contributed by atoms with Crippen molar-refractivity contribution in [3.8, 4) is 5.75 Å². The Morgan fingerprint density at radius 3 is 2.54 bits per heavy atom. The first-order valence-corrected chi connectivity index (χ1v) is 5.62. The highest BCUT2D eigenvalue weighted by molar-refractivity contribution is 7.92. The molecule has 0 spiro atoms. The van der Waals surface area contributed by atoms with Crippen LogP contribution in [0.5, 0.6) is 5.75 Å². The zero-order valence-electron chi connectivity index (χ0n) is 6.78. The molecule has 0 bridgehead atoms. The molecule has 1 rings (SSSR count). The van der Waals surface area contributed by atoms with Gasteiger partial charge in [0.1, 0.15) is 5.75 Å². The van der Waals surface area contributed by atoms with Gasteiger partial charge in [-0.2, -0.15) is 0 Å². The molecule has 0 aliphatic heterocycles. The molecule has 0 amide bonds. The van der Waals surface area contributed by atoms with E-state index < -0.39 is 10.0 Å². The van der Waals surface area contributed by atoms with Crippen LogP contribution in [-0.2, 0) is 10.0 Å². The lowest BCUT2D eigenvalue weighted by Crippen LogP contribution is -2.09. The molecule has 0 aromatic heterocycles. The lowest BCUT2D eigenvalue weighted by Gasteiger charge is -2.04. The molecule has 0 aliphatic rings. The zero-order chi connectivity index (χ0) is 10.1. The van der Waals surface area contributed by atoms with E-state index in [4.69, 9.17) is 16.7 Å². The van der Waals surface area contributed by atoms with Gasteiger partial charge in [0.05, 0.1) is 17.0 Å². The molecular weight excluding hydrogens is 214 g/mol. The van der Waals surface area contributed by atoms with E-state index in [0.717, 1.165) is 6.26 Å². The normalized spacial score (nSPS) is 11.2. The van der Waals surface area contributed by atoms with E-state index >= 15 is 0 Å². The van der Waals surface area contributed by atoms with Gasteiger partial charge < -0.3 is 5.11 Å². The van der Waals surface area contributed by atoms with E-state index in [1.165, 1.54) is 18.2 Å². The smallest absolute Gasteiger partial charge is 0.229 e. The van der Waals surface area contributed by atoms with Crippen LogP contribution in [0.1, 0.15) is 0 Å². The number of nitrogens with one attached hydrogen (secondary N) is 1. The molecule has 0 aliphatic carbocycles. The minimum absolute atomic E-state index is 0.0827. The van der Waals surface area contributed by atoms with Crippen molar-refractivity contribution in [3.63, 3.8) is 0 Å². The quantitative estimate of drug-likeness (QED) is 0.743. The Morgan fingerprint density at radius 1 is 1.46 bits per heavy atom. The molecule has 2 N–H and O–H groups in total. The maximum atomic E-state index is 10.8. The van der Waals surface area contributed by atoms with Crippen molar-refractivity contribution >= 4 is 27.3 Å². The fourth-order valence-electron chi connectivity index (χ4n) is 0.784. The largest absolute Gasteiger partial charge is 0.506 e. The zero-order valence-corrected chi connectivity index (χ0v) is 8.35. The summed E-state index contributed by atoms with van der Waals surface area (Å²) in [5.41, 5.74) is 0.324. The molecule has 0 fully saturated rings. The van der Waals surface area contributed by atoms with E-state index in [9.17, 15) is 8.42 Å². The number of aromatic hydroxyl groups is 1. The van der Waals surface area contributed by atoms with Gasteiger partial charge in [0.15, 0.2) is 0 Å². The number of sulfonamides is 1. The van der Waals surface area contributed by atoms with E-state index in [1.807, 2.05) is 0 Å². The van der Waals surface area contributed by atoms with E-state index in [0.29, 0.717) is 5.69 Å². The number of anilines is 1. The van der Waals surface area contributed by atoms with Crippen LogP contribution in [0.2, 0.25) is 5.02 Å². The number of hydrogen-bond donors (Lipinski definition) is 2. The third-order valence-electron chi connectivity index (χ3n) is 1.25. The molecule has 1 aromatic rings. The molecule has 0 unspecified atom stereocenters. The lowest BCUT2D eigenvalue weighted by molar-refractivity contribution is 0.475. The molecule has 0 heterocycles. The Morgan fingerprint density at radius 2 is 2.08 bits per heavy atom. The van der Waals surface area contributed by atoms with Gasteiger partial charge in [-0.05, 0) is 18.2 Å². The average molecular weight is 222 g/mol. The summed E-state index contributed by atoms with van der Waals surface area (Å²) in [5, 5.41) is 9.14. The predicted molar refractivity (Wildman–Crippen MR) is 51.6 cm³/mol. The lowest BCUT2D eigenvalue weighted by atomic mass is 10.3. The third kappa shape index (κ3) is 3.12. The summed E-state index contributed by atoms with van der Waals surface area (Å²) in [4.78, 5) is 0. The van der Waals surface area contributed by atoms with Gasteiger partial charge in [-0.15, -0.1) is 0 Å². The monoisotopic (exact) mass is 221 g/mol. The summed E-state index contributed by atoms with van der Waals surface area (Å²) >= 11 is 5.56. The van der Waals surface area contributed by atoms with Crippen molar-refractivity contribution in [1.82, 2.24) is 0 Å². The molecule has 6 heteroatoms. The van der Waals surface area contributed by atoms with Crippen LogP contribution in [0.15, 0.2) is 18.2 Å². The highest BCUT2D eigenvalue weighted by atomic mass is 35.5. The highest BCUT2D eigenvalue weighted by Gasteiger charge is 2.04. The first-order valence-electron chi connectivity index (χ1n) is 3.35.